The standard InChI is InChI=1S/C20H21Cl2N3O3/c1-23-18(26)11-24-19(27)12-25(2,3)17-9-8-13(21)10-15(17)20(28)14-6-4-5-7-16(14)22/h4-10H,11-12H2,1-3H3,(H-,23,24,26,27)/p+1. The minimum atomic E-state index is -0.320. The van der Waals surface area contributed by atoms with E-state index < -0.39 is 0 Å². The van der Waals surface area contributed by atoms with Crippen LogP contribution in [0.2, 0.25) is 10.0 Å². The molecule has 0 saturated carbocycles. The number of benzene rings is 2. The Kier molecular flexibility index (Phi) is 7.18. The van der Waals surface area contributed by atoms with Gasteiger partial charge in [0, 0.05) is 23.7 Å². The molecule has 0 aromatic heterocycles. The van der Waals surface area contributed by atoms with Crippen LogP contribution in [0.5, 0.6) is 0 Å². The van der Waals surface area contributed by atoms with E-state index in [1.165, 1.54) is 7.05 Å². The first-order valence-electron chi connectivity index (χ1n) is 8.55. The number of likely N-dealkylation sites (N-methyl/N-ethyl adjacent to an activating group) is 2. The number of rotatable bonds is 7. The van der Waals surface area contributed by atoms with Gasteiger partial charge in [-0.15, -0.1) is 0 Å². The van der Waals surface area contributed by atoms with Crippen LogP contribution in [0.3, 0.4) is 0 Å². The van der Waals surface area contributed by atoms with Gasteiger partial charge in [0.2, 0.25) is 11.7 Å². The Balaban J connectivity index is 2.34. The van der Waals surface area contributed by atoms with Crippen molar-refractivity contribution in [3.63, 3.8) is 0 Å². The summed E-state index contributed by atoms with van der Waals surface area (Å²) in [5.74, 6) is -0.889. The summed E-state index contributed by atoms with van der Waals surface area (Å²) < 4.78 is 0.0856. The molecule has 0 spiro atoms. The quantitative estimate of drug-likeness (QED) is 0.531. The molecule has 0 fully saturated rings. The largest absolute Gasteiger partial charge is 0.358 e. The second-order valence-corrected chi connectivity index (χ2v) is 7.61. The highest BCUT2D eigenvalue weighted by molar-refractivity contribution is 6.35. The zero-order chi connectivity index (χ0) is 20.9. The molecule has 2 N–H and O–H groups in total. The average Bonchev–Trinajstić information content (AvgIpc) is 2.65. The number of nitrogens with zero attached hydrogens (tertiary/aromatic N) is 1. The van der Waals surface area contributed by atoms with E-state index in [2.05, 4.69) is 10.6 Å². The highest BCUT2D eigenvalue weighted by Gasteiger charge is 2.30. The molecule has 0 atom stereocenters. The van der Waals surface area contributed by atoms with E-state index in [0.29, 0.717) is 26.9 Å². The summed E-state index contributed by atoms with van der Waals surface area (Å²) in [5, 5.41) is 5.75. The van der Waals surface area contributed by atoms with Crippen molar-refractivity contribution in [2.24, 2.45) is 0 Å². The second kappa shape index (κ2) is 9.19. The zero-order valence-corrected chi connectivity index (χ0v) is 17.4. The highest BCUT2D eigenvalue weighted by Crippen LogP contribution is 2.31. The predicted octanol–water partition coefficient (Wildman–Crippen LogP) is 2.65. The molecule has 0 aliphatic rings. The number of hydrogen-bond acceptors (Lipinski definition) is 3. The van der Waals surface area contributed by atoms with E-state index in [-0.39, 0.29) is 35.2 Å². The molecule has 0 saturated heterocycles. The summed E-state index contributed by atoms with van der Waals surface area (Å²) in [7, 11) is 5.09. The molecule has 0 unspecified atom stereocenters. The maximum Gasteiger partial charge on any atom is 0.276 e. The van der Waals surface area contributed by atoms with Crippen molar-refractivity contribution >= 4 is 46.5 Å². The van der Waals surface area contributed by atoms with Crippen molar-refractivity contribution in [1.82, 2.24) is 15.1 Å². The molecular formula is C20H22Cl2N3O3+. The maximum atomic E-state index is 13.1. The van der Waals surface area contributed by atoms with Crippen LogP contribution >= 0.6 is 23.2 Å². The van der Waals surface area contributed by atoms with E-state index in [0.717, 1.165) is 0 Å². The molecule has 8 heteroatoms. The van der Waals surface area contributed by atoms with Gasteiger partial charge in [-0.1, -0.05) is 35.3 Å². The lowest BCUT2D eigenvalue weighted by Gasteiger charge is -2.30. The molecule has 6 nitrogen and oxygen atoms in total. The SMILES string of the molecule is CNC(=O)CNC(=O)C[N+](C)(C)c1ccc(Cl)cc1C(=O)c1ccccc1Cl. The summed E-state index contributed by atoms with van der Waals surface area (Å²) in [6.07, 6.45) is 0. The number of hydrogen-bond donors (Lipinski definition) is 2. The first-order valence-corrected chi connectivity index (χ1v) is 9.31. The molecule has 28 heavy (non-hydrogen) atoms. The molecule has 0 aliphatic carbocycles. The van der Waals surface area contributed by atoms with E-state index in [1.807, 2.05) is 0 Å². The maximum absolute atomic E-state index is 13.1. The van der Waals surface area contributed by atoms with Crippen LogP contribution in [-0.2, 0) is 9.59 Å². The lowest BCUT2D eigenvalue weighted by molar-refractivity contribution is -0.126. The first kappa shape index (κ1) is 21.9. The Morgan fingerprint density at radius 1 is 0.964 bits per heavy atom. The van der Waals surface area contributed by atoms with E-state index in [4.69, 9.17) is 23.2 Å². The number of quaternary nitrogens is 1. The lowest BCUT2D eigenvalue weighted by atomic mass is 10.00. The second-order valence-electron chi connectivity index (χ2n) is 6.76. The van der Waals surface area contributed by atoms with E-state index in [1.54, 1.807) is 56.6 Å². The van der Waals surface area contributed by atoms with Gasteiger partial charge in [-0.3, -0.25) is 18.9 Å². The van der Waals surface area contributed by atoms with Crippen LogP contribution < -0.4 is 15.1 Å². The Bertz CT molecular complexity index is 913. The third-order valence-corrected chi connectivity index (χ3v) is 4.80. The van der Waals surface area contributed by atoms with Crippen molar-refractivity contribution in [2.75, 3.05) is 34.2 Å². The predicted molar refractivity (Wildman–Crippen MR) is 112 cm³/mol. The van der Waals surface area contributed by atoms with Crippen molar-refractivity contribution in [3.05, 3.63) is 63.6 Å². The molecule has 2 aromatic carbocycles. The molecular weight excluding hydrogens is 401 g/mol. The summed E-state index contributed by atoms with van der Waals surface area (Å²) in [5.41, 5.74) is 1.34. The van der Waals surface area contributed by atoms with Crippen LogP contribution in [0.15, 0.2) is 42.5 Å². The van der Waals surface area contributed by atoms with Crippen molar-refractivity contribution in [1.29, 1.82) is 0 Å². The van der Waals surface area contributed by atoms with Crippen molar-refractivity contribution in [3.8, 4) is 0 Å². The molecule has 0 aliphatic heterocycles. The topological polar surface area (TPSA) is 75.3 Å². The van der Waals surface area contributed by atoms with Gasteiger partial charge in [-0.25, -0.2) is 0 Å². The van der Waals surface area contributed by atoms with Crippen molar-refractivity contribution in [2.45, 2.75) is 0 Å². The minimum Gasteiger partial charge on any atom is -0.358 e. The molecule has 2 rings (SSSR count). The molecule has 148 valence electrons. The minimum absolute atomic E-state index is 0.0292. The first-order chi connectivity index (χ1) is 13.2. The van der Waals surface area contributed by atoms with Gasteiger partial charge in [0.15, 0.2) is 6.54 Å². The molecule has 2 aromatic rings. The number of ketones is 1. The molecule has 0 radical (unpaired) electrons. The third kappa shape index (κ3) is 5.32. The number of halogens is 2. The number of carbonyl (C=O) groups is 3. The van der Waals surface area contributed by atoms with Crippen LogP contribution in [-0.4, -0.2) is 51.8 Å². The van der Waals surface area contributed by atoms with Crippen molar-refractivity contribution < 1.29 is 14.4 Å². The van der Waals surface area contributed by atoms with Gasteiger partial charge < -0.3 is 10.6 Å². The van der Waals surface area contributed by atoms with E-state index in [9.17, 15) is 14.4 Å². The Labute approximate surface area is 174 Å². The van der Waals surface area contributed by atoms with Gasteiger partial charge in [0.1, 0.15) is 5.69 Å². The number of carbonyl (C=O) groups excluding carboxylic acids is 3. The fourth-order valence-electron chi connectivity index (χ4n) is 2.78. The summed E-state index contributed by atoms with van der Waals surface area (Å²) in [6.45, 7) is -0.0806. The number of nitrogens with one attached hydrogen (secondary N) is 2. The van der Waals surface area contributed by atoms with Crippen LogP contribution in [0.1, 0.15) is 15.9 Å². The Morgan fingerprint density at radius 2 is 1.64 bits per heavy atom. The zero-order valence-electron chi connectivity index (χ0n) is 15.9. The molecule has 0 heterocycles. The van der Waals surface area contributed by atoms with Crippen LogP contribution in [0.4, 0.5) is 5.69 Å². The summed E-state index contributed by atoms with van der Waals surface area (Å²) >= 11 is 12.3. The normalized spacial score (nSPS) is 11.0. The number of amides is 2. The highest BCUT2D eigenvalue weighted by atomic mass is 35.5. The monoisotopic (exact) mass is 422 g/mol. The molecule has 2 amide bonds. The third-order valence-electron chi connectivity index (χ3n) is 4.24. The van der Waals surface area contributed by atoms with E-state index >= 15 is 0 Å². The Hall–Kier alpha value is -2.41. The summed E-state index contributed by atoms with van der Waals surface area (Å²) in [6, 6.07) is 11.7. The fourth-order valence-corrected chi connectivity index (χ4v) is 3.17. The van der Waals surface area contributed by atoms with Crippen LogP contribution in [0.25, 0.3) is 0 Å². The van der Waals surface area contributed by atoms with Gasteiger partial charge in [-0.05, 0) is 24.3 Å². The van der Waals surface area contributed by atoms with Gasteiger partial charge in [-0.2, -0.15) is 0 Å². The smallest absolute Gasteiger partial charge is 0.276 e. The van der Waals surface area contributed by atoms with Gasteiger partial charge in [0.05, 0.1) is 31.2 Å². The summed E-state index contributed by atoms with van der Waals surface area (Å²) in [4.78, 5) is 36.7. The Morgan fingerprint density at radius 3 is 2.29 bits per heavy atom. The average molecular weight is 423 g/mol. The fraction of sp³-hybridized carbons (Fsp3) is 0.250. The van der Waals surface area contributed by atoms with Gasteiger partial charge >= 0.3 is 0 Å². The van der Waals surface area contributed by atoms with Gasteiger partial charge in [0.25, 0.3) is 5.91 Å². The molecule has 0 bridgehead atoms. The van der Waals surface area contributed by atoms with Crippen LogP contribution in [0, 0.1) is 0 Å². The lowest BCUT2D eigenvalue weighted by Crippen LogP contribution is -2.50.